The molecule has 4 unspecified atom stereocenters. The Hall–Kier alpha value is -2.66. The molecular formula is C25H38N8O3. The van der Waals surface area contributed by atoms with Gasteiger partial charge in [-0.15, -0.1) is 0 Å². The minimum Gasteiger partial charge on any atom is -0.443 e. The van der Waals surface area contributed by atoms with Crippen molar-refractivity contribution in [3.8, 4) is 0 Å². The van der Waals surface area contributed by atoms with Crippen LogP contribution in [0.15, 0.2) is 6.20 Å². The molecule has 36 heavy (non-hydrogen) atoms. The summed E-state index contributed by atoms with van der Waals surface area (Å²) in [5.41, 5.74) is 1.94. The van der Waals surface area contributed by atoms with Gasteiger partial charge in [-0.2, -0.15) is 19.6 Å². The summed E-state index contributed by atoms with van der Waals surface area (Å²) in [7, 11) is 0. The van der Waals surface area contributed by atoms with Crippen molar-refractivity contribution in [2.45, 2.75) is 102 Å². The van der Waals surface area contributed by atoms with Crippen molar-refractivity contribution in [2.75, 3.05) is 30.4 Å². The molecule has 3 N–H and O–H groups in total. The lowest BCUT2D eigenvalue weighted by Gasteiger charge is -2.41. The summed E-state index contributed by atoms with van der Waals surface area (Å²) in [6.07, 6.45) is 7.41. The minimum absolute atomic E-state index is 0.0151. The van der Waals surface area contributed by atoms with Gasteiger partial charge >= 0.3 is 6.09 Å². The van der Waals surface area contributed by atoms with Crippen LogP contribution in [0.5, 0.6) is 0 Å². The van der Waals surface area contributed by atoms with Crippen molar-refractivity contribution in [3.63, 3.8) is 0 Å². The largest absolute Gasteiger partial charge is 0.443 e. The smallest absolute Gasteiger partial charge is 0.410 e. The zero-order valence-electron chi connectivity index (χ0n) is 21.4. The van der Waals surface area contributed by atoms with E-state index in [2.05, 4.69) is 41.8 Å². The molecule has 4 atom stereocenters. The van der Waals surface area contributed by atoms with Gasteiger partial charge in [-0.3, -0.25) is 0 Å². The Kier molecular flexibility index (Phi) is 6.37. The Balaban J connectivity index is 1.20. The van der Waals surface area contributed by atoms with E-state index in [1.54, 1.807) is 0 Å². The molecule has 11 heteroatoms. The van der Waals surface area contributed by atoms with E-state index in [1.807, 2.05) is 15.6 Å². The predicted octanol–water partition coefficient (Wildman–Crippen LogP) is 2.74. The standard InChI is InChI=1S/C25H38N8O3/c1-14(2)20-12-27-33-22(20)30-23(28-16-6-8-35-9-7-16)31-24(33)29-17-10-18-4-5-19(11-17)32(18)25(34)36-21-13-26-15(21)3/h12,14-19,21,26H,4-11,13H2,1-3H3,(H2,28,29,30,31). The summed E-state index contributed by atoms with van der Waals surface area (Å²) >= 11 is 0. The molecule has 0 aliphatic carbocycles. The van der Waals surface area contributed by atoms with E-state index in [0.29, 0.717) is 23.9 Å². The second-order valence-electron chi connectivity index (χ2n) is 11.1. The summed E-state index contributed by atoms with van der Waals surface area (Å²) in [5, 5.41) is 15.1. The summed E-state index contributed by atoms with van der Waals surface area (Å²) in [5.74, 6) is 1.64. The third-order valence-corrected chi connectivity index (χ3v) is 8.30. The lowest BCUT2D eigenvalue weighted by atomic mass is 9.98. The molecule has 0 aromatic carbocycles. The molecule has 0 saturated carbocycles. The number of nitrogens with one attached hydrogen (secondary N) is 3. The minimum atomic E-state index is -0.152. The van der Waals surface area contributed by atoms with Crippen molar-refractivity contribution in [1.82, 2.24) is 29.8 Å². The Morgan fingerprint density at radius 2 is 1.86 bits per heavy atom. The van der Waals surface area contributed by atoms with Gasteiger partial charge in [0.25, 0.3) is 0 Å². The van der Waals surface area contributed by atoms with Crippen LogP contribution in [0.1, 0.15) is 70.8 Å². The van der Waals surface area contributed by atoms with Crippen LogP contribution in [0.3, 0.4) is 0 Å². The Morgan fingerprint density at radius 3 is 2.50 bits per heavy atom. The lowest BCUT2D eigenvalue weighted by molar-refractivity contribution is -0.000526. The van der Waals surface area contributed by atoms with Crippen molar-refractivity contribution in [2.24, 2.45) is 0 Å². The van der Waals surface area contributed by atoms with Crippen molar-refractivity contribution in [1.29, 1.82) is 0 Å². The first-order valence-corrected chi connectivity index (χ1v) is 13.5. The molecule has 2 aromatic heterocycles. The monoisotopic (exact) mass is 498 g/mol. The number of rotatable bonds is 6. The molecule has 1 amide bonds. The highest BCUT2D eigenvalue weighted by Gasteiger charge is 2.45. The first-order valence-electron chi connectivity index (χ1n) is 13.5. The summed E-state index contributed by atoms with van der Waals surface area (Å²) < 4.78 is 13.1. The molecule has 4 saturated heterocycles. The molecule has 0 radical (unpaired) electrons. The van der Waals surface area contributed by atoms with Crippen LogP contribution in [0.25, 0.3) is 5.65 Å². The number of ether oxygens (including phenoxy) is 2. The van der Waals surface area contributed by atoms with E-state index in [4.69, 9.17) is 19.4 Å². The fourth-order valence-electron chi connectivity index (χ4n) is 6.04. The first kappa shape index (κ1) is 23.7. The van der Waals surface area contributed by atoms with Gasteiger partial charge in [0.15, 0.2) is 5.65 Å². The normalized spacial score (nSPS) is 30.4. The van der Waals surface area contributed by atoms with Gasteiger partial charge in [0.2, 0.25) is 11.9 Å². The number of fused-ring (bicyclic) bond motifs is 3. The molecule has 0 spiro atoms. The molecule has 6 heterocycles. The topological polar surface area (TPSA) is 118 Å². The maximum absolute atomic E-state index is 13.0. The number of carbonyl (C=O) groups is 1. The quantitative estimate of drug-likeness (QED) is 0.552. The highest BCUT2D eigenvalue weighted by Crippen LogP contribution is 2.38. The van der Waals surface area contributed by atoms with Gasteiger partial charge < -0.3 is 30.3 Å². The number of anilines is 2. The maximum atomic E-state index is 13.0. The second kappa shape index (κ2) is 9.66. The summed E-state index contributed by atoms with van der Waals surface area (Å²) in [6, 6.07) is 1.13. The van der Waals surface area contributed by atoms with Gasteiger partial charge in [-0.25, -0.2) is 4.79 Å². The van der Waals surface area contributed by atoms with E-state index in [0.717, 1.165) is 69.5 Å². The Morgan fingerprint density at radius 1 is 1.11 bits per heavy atom. The van der Waals surface area contributed by atoms with Crippen molar-refractivity contribution >= 4 is 23.6 Å². The van der Waals surface area contributed by atoms with Crippen LogP contribution in [-0.2, 0) is 9.47 Å². The predicted molar refractivity (Wildman–Crippen MR) is 135 cm³/mol. The molecule has 2 aromatic rings. The van der Waals surface area contributed by atoms with E-state index in [-0.39, 0.29) is 36.4 Å². The Labute approximate surface area is 211 Å². The van der Waals surface area contributed by atoms with Crippen LogP contribution < -0.4 is 16.0 Å². The van der Waals surface area contributed by atoms with Crippen molar-refractivity contribution in [3.05, 3.63) is 11.8 Å². The number of amides is 1. The third kappa shape index (κ3) is 4.47. The molecule has 6 rings (SSSR count). The molecule has 4 aliphatic heterocycles. The molecule has 196 valence electrons. The van der Waals surface area contributed by atoms with E-state index in [1.165, 1.54) is 0 Å². The second-order valence-corrected chi connectivity index (χ2v) is 11.1. The van der Waals surface area contributed by atoms with Crippen LogP contribution in [0.4, 0.5) is 16.7 Å². The first-order chi connectivity index (χ1) is 17.5. The molecule has 11 nitrogen and oxygen atoms in total. The molecule has 4 aliphatic rings. The van der Waals surface area contributed by atoms with Gasteiger partial charge in [0.1, 0.15) is 6.10 Å². The van der Waals surface area contributed by atoms with Crippen LogP contribution in [0, 0.1) is 0 Å². The van der Waals surface area contributed by atoms with E-state index < -0.39 is 0 Å². The zero-order valence-corrected chi connectivity index (χ0v) is 21.4. The number of piperidine rings is 1. The average molecular weight is 499 g/mol. The van der Waals surface area contributed by atoms with E-state index in [9.17, 15) is 4.79 Å². The number of hydrogen-bond acceptors (Lipinski definition) is 9. The van der Waals surface area contributed by atoms with Gasteiger partial charge in [-0.1, -0.05) is 13.8 Å². The van der Waals surface area contributed by atoms with Crippen molar-refractivity contribution < 1.29 is 14.3 Å². The summed E-state index contributed by atoms with van der Waals surface area (Å²) in [6.45, 7) is 8.63. The highest BCUT2D eigenvalue weighted by atomic mass is 16.6. The molecule has 4 fully saturated rings. The SMILES string of the molecule is CC(C)c1cnn2c(NC3CC4CCC(C3)N4C(=O)OC3CNC3C)nc(NC3CCOCC3)nc12. The van der Waals surface area contributed by atoms with Crippen LogP contribution in [0.2, 0.25) is 0 Å². The summed E-state index contributed by atoms with van der Waals surface area (Å²) in [4.78, 5) is 24.7. The molecule has 2 bridgehead atoms. The average Bonchev–Trinajstić information content (AvgIpc) is 3.41. The molecular weight excluding hydrogens is 460 g/mol. The van der Waals surface area contributed by atoms with E-state index >= 15 is 0 Å². The van der Waals surface area contributed by atoms with Crippen LogP contribution >= 0.6 is 0 Å². The fourth-order valence-corrected chi connectivity index (χ4v) is 6.04. The number of hydrogen-bond donors (Lipinski definition) is 3. The van der Waals surface area contributed by atoms with Crippen LogP contribution in [-0.4, -0.2) is 86.6 Å². The number of carbonyl (C=O) groups excluding carboxylic acids is 1. The van der Waals surface area contributed by atoms with Gasteiger partial charge in [-0.05, 0) is 51.4 Å². The van der Waals surface area contributed by atoms with Gasteiger partial charge in [0, 0.05) is 55.5 Å². The number of nitrogens with zero attached hydrogens (tertiary/aromatic N) is 5. The van der Waals surface area contributed by atoms with Gasteiger partial charge in [0.05, 0.1) is 6.20 Å². The third-order valence-electron chi connectivity index (χ3n) is 8.30. The number of aromatic nitrogens is 4. The fraction of sp³-hybridized carbons (Fsp3) is 0.760. The zero-order chi connectivity index (χ0) is 24.8. The maximum Gasteiger partial charge on any atom is 0.410 e. The lowest BCUT2D eigenvalue weighted by Crippen LogP contribution is -2.59. The Bertz CT molecular complexity index is 1090. The highest BCUT2D eigenvalue weighted by molar-refractivity contribution is 5.69.